The number of sulfonamides is 1. The highest BCUT2D eigenvalue weighted by Gasteiger charge is 2.21. The molecule has 0 spiro atoms. The standard InChI is InChI=1S/C11H15Cl2N3O3S/c1-7(17)16(4)11-9(12)5-8(6-10(11)13)20(18,19)14-15(2)3/h5-6,14H,1-4H3. The molecule has 112 valence electrons. The van der Waals surface area contributed by atoms with Crippen molar-refractivity contribution in [3.8, 4) is 0 Å². The van der Waals surface area contributed by atoms with Crippen LogP contribution < -0.4 is 9.73 Å². The van der Waals surface area contributed by atoms with E-state index in [-0.39, 0.29) is 26.5 Å². The number of amides is 1. The molecule has 1 amide bonds. The fraction of sp³-hybridized carbons (Fsp3) is 0.364. The molecule has 0 aliphatic rings. The largest absolute Gasteiger partial charge is 0.313 e. The number of nitrogens with zero attached hydrogens (tertiary/aromatic N) is 2. The Morgan fingerprint density at radius 3 is 1.95 bits per heavy atom. The van der Waals surface area contributed by atoms with Crippen LogP contribution in [-0.4, -0.2) is 40.5 Å². The van der Waals surface area contributed by atoms with Crippen LogP contribution in [0, 0.1) is 0 Å². The molecule has 0 aliphatic heterocycles. The number of hydrogen-bond acceptors (Lipinski definition) is 4. The van der Waals surface area contributed by atoms with Crippen LogP contribution in [0.3, 0.4) is 0 Å². The molecular weight excluding hydrogens is 325 g/mol. The Hall–Kier alpha value is -0.860. The van der Waals surface area contributed by atoms with Gasteiger partial charge in [0.1, 0.15) is 0 Å². The molecule has 0 saturated heterocycles. The van der Waals surface area contributed by atoms with Crippen LogP contribution >= 0.6 is 23.2 Å². The molecule has 6 nitrogen and oxygen atoms in total. The summed E-state index contributed by atoms with van der Waals surface area (Å²) in [6.07, 6.45) is 0. The number of rotatable bonds is 4. The maximum absolute atomic E-state index is 12.0. The molecule has 1 rings (SSSR count). The minimum atomic E-state index is -3.76. The fourth-order valence-corrected chi connectivity index (χ4v) is 3.47. The van der Waals surface area contributed by atoms with Crippen molar-refractivity contribution in [1.82, 2.24) is 9.84 Å². The van der Waals surface area contributed by atoms with E-state index in [1.54, 1.807) is 14.1 Å². The van der Waals surface area contributed by atoms with Crippen molar-refractivity contribution in [1.29, 1.82) is 0 Å². The molecule has 0 radical (unpaired) electrons. The molecular formula is C11H15Cl2N3O3S. The van der Waals surface area contributed by atoms with Crippen LogP contribution in [0.15, 0.2) is 17.0 Å². The van der Waals surface area contributed by atoms with Gasteiger partial charge in [0, 0.05) is 28.1 Å². The summed E-state index contributed by atoms with van der Waals surface area (Å²) in [5, 5.41) is 1.44. The second-order valence-corrected chi connectivity index (χ2v) is 6.78. The van der Waals surface area contributed by atoms with Crippen LogP contribution in [-0.2, 0) is 14.8 Å². The normalized spacial score (nSPS) is 11.8. The summed E-state index contributed by atoms with van der Waals surface area (Å²) < 4.78 is 24.0. The van der Waals surface area contributed by atoms with Crippen molar-refractivity contribution in [2.75, 3.05) is 26.0 Å². The Labute approximate surface area is 128 Å². The zero-order valence-electron chi connectivity index (χ0n) is 11.4. The Kier molecular flexibility index (Phi) is 5.39. The van der Waals surface area contributed by atoms with Crippen LogP contribution in [0.4, 0.5) is 5.69 Å². The van der Waals surface area contributed by atoms with Gasteiger partial charge >= 0.3 is 0 Å². The number of carbonyl (C=O) groups is 1. The molecule has 0 unspecified atom stereocenters. The summed E-state index contributed by atoms with van der Waals surface area (Å²) in [5.74, 6) is -0.268. The Morgan fingerprint density at radius 1 is 1.15 bits per heavy atom. The molecule has 0 atom stereocenters. The third-order valence-corrected chi connectivity index (χ3v) is 4.45. The Morgan fingerprint density at radius 2 is 1.60 bits per heavy atom. The van der Waals surface area contributed by atoms with E-state index < -0.39 is 10.0 Å². The first-order valence-electron chi connectivity index (χ1n) is 5.49. The van der Waals surface area contributed by atoms with Gasteiger partial charge in [-0.25, -0.2) is 13.4 Å². The number of halogens is 2. The highest BCUT2D eigenvalue weighted by atomic mass is 35.5. The van der Waals surface area contributed by atoms with Gasteiger partial charge in [0.2, 0.25) is 5.91 Å². The first kappa shape index (κ1) is 17.2. The maximum Gasteiger partial charge on any atom is 0.253 e. The SMILES string of the molecule is CC(=O)N(C)c1c(Cl)cc(S(=O)(=O)NN(C)C)cc1Cl. The molecule has 1 aromatic rings. The number of hydrogen-bond donors (Lipinski definition) is 1. The average Bonchev–Trinajstić information content (AvgIpc) is 2.25. The molecule has 1 N–H and O–H groups in total. The van der Waals surface area contributed by atoms with Crippen LogP contribution in [0.25, 0.3) is 0 Å². The maximum atomic E-state index is 12.0. The van der Waals surface area contributed by atoms with E-state index in [1.807, 2.05) is 0 Å². The monoisotopic (exact) mass is 339 g/mol. The lowest BCUT2D eigenvalue weighted by atomic mass is 10.3. The molecule has 0 aromatic heterocycles. The number of carbonyl (C=O) groups excluding carboxylic acids is 1. The van der Waals surface area contributed by atoms with Gasteiger partial charge in [0.25, 0.3) is 10.0 Å². The van der Waals surface area contributed by atoms with Crippen molar-refractivity contribution in [2.45, 2.75) is 11.8 Å². The fourth-order valence-electron chi connectivity index (χ4n) is 1.47. The third kappa shape index (κ3) is 3.83. The minimum Gasteiger partial charge on any atom is -0.313 e. The van der Waals surface area contributed by atoms with Gasteiger partial charge in [0.05, 0.1) is 20.6 Å². The summed E-state index contributed by atoms with van der Waals surface area (Å²) in [7, 11) is 0.819. The summed E-state index contributed by atoms with van der Waals surface area (Å²) >= 11 is 12.1. The van der Waals surface area contributed by atoms with Gasteiger partial charge in [-0.3, -0.25) is 4.79 Å². The highest BCUT2D eigenvalue weighted by Crippen LogP contribution is 2.35. The number of benzene rings is 1. The van der Waals surface area contributed by atoms with Gasteiger partial charge in [-0.2, -0.15) is 0 Å². The molecule has 0 aliphatic carbocycles. The predicted molar refractivity (Wildman–Crippen MR) is 79.6 cm³/mol. The van der Waals surface area contributed by atoms with Crippen molar-refractivity contribution >= 4 is 44.8 Å². The summed E-state index contributed by atoms with van der Waals surface area (Å²) in [6.45, 7) is 1.35. The molecule has 0 saturated carbocycles. The summed E-state index contributed by atoms with van der Waals surface area (Å²) in [6, 6.07) is 2.49. The smallest absolute Gasteiger partial charge is 0.253 e. The van der Waals surface area contributed by atoms with E-state index in [9.17, 15) is 13.2 Å². The Bertz CT molecular complexity index is 609. The van der Waals surface area contributed by atoms with E-state index in [2.05, 4.69) is 4.83 Å². The van der Waals surface area contributed by atoms with Crippen molar-refractivity contribution in [3.63, 3.8) is 0 Å². The molecule has 0 bridgehead atoms. The average molecular weight is 340 g/mol. The quantitative estimate of drug-likeness (QED) is 0.848. The van der Waals surface area contributed by atoms with Crippen LogP contribution in [0.5, 0.6) is 0 Å². The number of hydrazine groups is 1. The van der Waals surface area contributed by atoms with Crippen molar-refractivity contribution in [2.24, 2.45) is 0 Å². The van der Waals surface area contributed by atoms with E-state index in [1.165, 1.54) is 36.0 Å². The Balaban J connectivity index is 3.34. The van der Waals surface area contributed by atoms with Gasteiger partial charge in [-0.1, -0.05) is 23.2 Å². The second kappa shape index (κ2) is 6.28. The van der Waals surface area contributed by atoms with E-state index in [4.69, 9.17) is 23.2 Å². The second-order valence-electron chi connectivity index (χ2n) is 4.30. The highest BCUT2D eigenvalue weighted by molar-refractivity contribution is 7.89. The lowest BCUT2D eigenvalue weighted by Crippen LogP contribution is -2.36. The van der Waals surface area contributed by atoms with Gasteiger partial charge in [-0.05, 0) is 12.1 Å². The molecule has 0 fully saturated rings. The van der Waals surface area contributed by atoms with E-state index in [0.29, 0.717) is 0 Å². The predicted octanol–water partition coefficient (Wildman–Crippen LogP) is 1.73. The zero-order valence-corrected chi connectivity index (χ0v) is 13.8. The molecule has 20 heavy (non-hydrogen) atoms. The lowest BCUT2D eigenvalue weighted by molar-refractivity contribution is -0.116. The van der Waals surface area contributed by atoms with Crippen LogP contribution in [0.1, 0.15) is 6.92 Å². The summed E-state index contributed by atoms with van der Waals surface area (Å²) in [5.41, 5.74) is 0.268. The van der Waals surface area contributed by atoms with E-state index >= 15 is 0 Å². The third-order valence-electron chi connectivity index (χ3n) is 2.41. The van der Waals surface area contributed by atoms with Gasteiger partial charge in [0.15, 0.2) is 0 Å². The molecule has 9 heteroatoms. The zero-order chi connectivity index (χ0) is 15.7. The van der Waals surface area contributed by atoms with Crippen molar-refractivity contribution in [3.05, 3.63) is 22.2 Å². The molecule has 1 aromatic carbocycles. The molecule has 0 heterocycles. The van der Waals surface area contributed by atoms with E-state index in [0.717, 1.165) is 0 Å². The van der Waals surface area contributed by atoms with Crippen molar-refractivity contribution < 1.29 is 13.2 Å². The lowest BCUT2D eigenvalue weighted by Gasteiger charge is -2.20. The van der Waals surface area contributed by atoms with Gasteiger partial charge in [-0.15, -0.1) is 4.83 Å². The summed E-state index contributed by atoms with van der Waals surface area (Å²) in [4.78, 5) is 14.8. The first-order valence-corrected chi connectivity index (χ1v) is 7.73. The first-order chi connectivity index (χ1) is 9.06. The number of nitrogens with one attached hydrogen (secondary N) is 1. The minimum absolute atomic E-state index is 0.0781. The topological polar surface area (TPSA) is 69.7 Å². The number of anilines is 1. The van der Waals surface area contributed by atoms with Crippen LogP contribution in [0.2, 0.25) is 10.0 Å². The van der Waals surface area contributed by atoms with Gasteiger partial charge < -0.3 is 4.90 Å².